The molecule has 1 aromatic carbocycles. The van der Waals surface area contributed by atoms with Gasteiger partial charge in [-0.3, -0.25) is 9.59 Å². The normalized spacial score (nSPS) is 20.9. The summed E-state index contributed by atoms with van der Waals surface area (Å²) in [6.07, 6.45) is 1.25. The van der Waals surface area contributed by atoms with Gasteiger partial charge in [0.2, 0.25) is 11.8 Å². The highest BCUT2D eigenvalue weighted by molar-refractivity contribution is 5.84. The zero-order valence-corrected chi connectivity index (χ0v) is 13.1. The molecule has 1 aliphatic heterocycles. The molecule has 1 heterocycles. The van der Waals surface area contributed by atoms with Crippen LogP contribution >= 0.6 is 0 Å². The van der Waals surface area contributed by atoms with Gasteiger partial charge in [-0.05, 0) is 24.4 Å². The molecule has 0 saturated carbocycles. The van der Waals surface area contributed by atoms with E-state index >= 15 is 0 Å². The first-order valence-electron chi connectivity index (χ1n) is 7.95. The van der Waals surface area contributed by atoms with E-state index in [9.17, 15) is 9.59 Å². The number of amides is 2. The number of carbonyl (C=O) groups is 2. The second-order valence-corrected chi connectivity index (χ2v) is 5.84. The SMILES string of the molecule is CCCC(=O)NCC(=O)N1C[C@@H](CN)[C@H](c2ccccc2)C1. The summed E-state index contributed by atoms with van der Waals surface area (Å²) in [6, 6.07) is 10.2. The van der Waals surface area contributed by atoms with Crippen LogP contribution in [0.15, 0.2) is 30.3 Å². The Kier molecular flexibility index (Phi) is 5.95. The largest absolute Gasteiger partial charge is 0.347 e. The van der Waals surface area contributed by atoms with Crippen LogP contribution in [0.4, 0.5) is 0 Å². The first-order chi connectivity index (χ1) is 10.7. The van der Waals surface area contributed by atoms with E-state index in [0.717, 1.165) is 6.42 Å². The number of benzene rings is 1. The van der Waals surface area contributed by atoms with E-state index in [4.69, 9.17) is 5.73 Å². The number of nitrogens with one attached hydrogen (secondary N) is 1. The quantitative estimate of drug-likeness (QED) is 0.826. The maximum atomic E-state index is 12.3. The second kappa shape index (κ2) is 7.94. The lowest BCUT2D eigenvalue weighted by atomic mass is 9.89. The molecule has 1 saturated heterocycles. The zero-order chi connectivity index (χ0) is 15.9. The fourth-order valence-electron chi connectivity index (χ4n) is 2.99. The van der Waals surface area contributed by atoms with Gasteiger partial charge in [-0.25, -0.2) is 0 Å². The number of nitrogens with zero attached hydrogens (tertiary/aromatic N) is 1. The number of rotatable bonds is 6. The van der Waals surface area contributed by atoms with Crippen molar-refractivity contribution >= 4 is 11.8 Å². The molecule has 120 valence electrons. The number of nitrogens with two attached hydrogens (primary N) is 1. The van der Waals surface area contributed by atoms with E-state index in [1.807, 2.05) is 30.0 Å². The highest BCUT2D eigenvalue weighted by atomic mass is 16.2. The van der Waals surface area contributed by atoms with Crippen molar-refractivity contribution in [1.82, 2.24) is 10.2 Å². The summed E-state index contributed by atoms with van der Waals surface area (Å²) < 4.78 is 0. The minimum atomic E-state index is -0.0648. The molecule has 1 aromatic rings. The monoisotopic (exact) mass is 303 g/mol. The van der Waals surface area contributed by atoms with Crippen LogP contribution in [0, 0.1) is 5.92 Å². The van der Waals surface area contributed by atoms with Crippen molar-refractivity contribution in [3.05, 3.63) is 35.9 Å². The van der Waals surface area contributed by atoms with Gasteiger partial charge in [0.05, 0.1) is 6.54 Å². The Morgan fingerprint density at radius 2 is 2.00 bits per heavy atom. The van der Waals surface area contributed by atoms with Crippen molar-refractivity contribution < 1.29 is 9.59 Å². The number of carbonyl (C=O) groups excluding carboxylic acids is 2. The van der Waals surface area contributed by atoms with Crippen molar-refractivity contribution in [1.29, 1.82) is 0 Å². The van der Waals surface area contributed by atoms with Crippen LogP contribution in [0.3, 0.4) is 0 Å². The minimum Gasteiger partial charge on any atom is -0.347 e. The fourth-order valence-corrected chi connectivity index (χ4v) is 2.99. The maximum Gasteiger partial charge on any atom is 0.241 e. The summed E-state index contributed by atoms with van der Waals surface area (Å²) >= 11 is 0. The first kappa shape index (κ1) is 16.5. The van der Waals surface area contributed by atoms with Crippen molar-refractivity contribution in [2.45, 2.75) is 25.7 Å². The van der Waals surface area contributed by atoms with Crippen LogP contribution in [0.25, 0.3) is 0 Å². The van der Waals surface area contributed by atoms with Crippen molar-refractivity contribution in [3.8, 4) is 0 Å². The van der Waals surface area contributed by atoms with Crippen molar-refractivity contribution in [2.24, 2.45) is 11.7 Å². The van der Waals surface area contributed by atoms with Crippen LogP contribution in [0.2, 0.25) is 0 Å². The molecule has 22 heavy (non-hydrogen) atoms. The van der Waals surface area contributed by atoms with Gasteiger partial charge in [0, 0.05) is 25.4 Å². The third-order valence-corrected chi connectivity index (χ3v) is 4.24. The molecule has 0 spiro atoms. The van der Waals surface area contributed by atoms with E-state index < -0.39 is 0 Å². The van der Waals surface area contributed by atoms with Gasteiger partial charge in [-0.15, -0.1) is 0 Å². The highest BCUT2D eigenvalue weighted by Gasteiger charge is 2.35. The number of likely N-dealkylation sites (tertiary alicyclic amines) is 1. The molecule has 5 heteroatoms. The standard InChI is InChI=1S/C17H25N3O2/c1-2-6-16(21)19-10-17(22)20-11-14(9-18)15(12-20)13-7-4-3-5-8-13/h3-5,7-8,14-15H,2,6,9-12,18H2,1H3,(H,19,21)/t14-,15+/m1/s1. The van der Waals surface area contributed by atoms with Crippen LogP contribution in [0.1, 0.15) is 31.2 Å². The van der Waals surface area contributed by atoms with Crippen LogP contribution in [-0.2, 0) is 9.59 Å². The summed E-state index contributed by atoms with van der Waals surface area (Å²) in [6.45, 7) is 3.92. The minimum absolute atomic E-state index is 0.0265. The van der Waals surface area contributed by atoms with Crippen LogP contribution in [-0.4, -0.2) is 42.9 Å². The Bertz CT molecular complexity index is 504. The fraction of sp³-hybridized carbons (Fsp3) is 0.529. The molecule has 3 N–H and O–H groups in total. The highest BCUT2D eigenvalue weighted by Crippen LogP contribution is 2.31. The molecule has 0 bridgehead atoms. The molecule has 0 unspecified atom stereocenters. The molecular formula is C17H25N3O2. The van der Waals surface area contributed by atoms with Gasteiger partial charge < -0.3 is 16.0 Å². The summed E-state index contributed by atoms with van der Waals surface area (Å²) in [4.78, 5) is 25.6. The molecular weight excluding hydrogens is 278 g/mol. The predicted octanol–water partition coefficient (Wildman–Crippen LogP) is 1.10. The van der Waals surface area contributed by atoms with Gasteiger partial charge in [0.25, 0.3) is 0 Å². The molecule has 0 aromatic heterocycles. The smallest absolute Gasteiger partial charge is 0.241 e. The predicted molar refractivity (Wildman–Crippen MR) is 86.2 cm³/mol. The van der Waals surface area contributed by atoms with Gasteiger partial charge in [0.1, 0.15) is 0 Å². The molecule has 0 aliphatic carbocycles. The molecule has 2 amide bonds. The third kappa shape index (κ3) is 4.07. The average Bonchev–Trinajstić information content (AvgIpc) is 2.98. The maximum absolute atomic E-state index is 12.3. The molecule has 0 radical (unpaired) electrons. The van der Waals surface area contributed by atoms with Gasteiger partial charge >= 0.3 is 0 Å². The Labute approximate surface area is 131 Å². The second-order valence-electron chi connectivity index (χ2n) is 5.84. The van der Waals surface area contributed by atoms with Crippen LogP contribution in [0.5, 0.6) is 0 Å². The molecule has 2 atom stereocenters. The average molecular weight is 303 g/mol. The van der Waals surface area contributed by atoms with Crippen LogP contribution < -0.4 is 11.1 Å². The topological polar surface area (TPSA) is 75.4 Å². The zero-order valence-electron chi connectivity index (χ0n) is 13.1. The van der Waals surface area contributed by atoms with E-state index in [1.165, 1.54) is 5.56 Å². The summed E-state index contributed by atoms with van der Waals surface area (Å²) in [5.74, 6) is 0.463. The lowest BCUT2D eigenvalue weighted by Gasteiger charge is -2.17. The van der Waals surface area contributed by atoms with Gasteiger partial charge in [0.15, 0.2) is 0 Å². The summed E-state index contributed by atoms with van der Waals surface area (Å²) in [5, 5.41) is 2.69. The molecule has 2 rings (SSSR count). The summed E-state index contributed by atoms with van der Waals surface area (Å²) in [5.41, 5.74) is 7.10. The van der Waals surface area contributed by atoms with Crippen molar-refractivity contribution in [2.75, 3.05) is 26.2 Å². The van der Waals surface area contributed by atoms with E-state index in [2.05, 4.69) is 17.4 Å². The number of hydrogen-bond acceptors (Lipinski definition) is 3. The Morgan fingerprint density at radius 1 is 1.27 bits per heavy atom. The first-order valence-corrected chi connectivity index (χ1v) is 7.95. The van der Waals surface area contributed by atoms with E-state index in [0.29, 0.717) is 26.1 Å². The Hall–Kier alpha value is -1.88. The van der Waals surface area contributed by atoms with E-state index in [1.54, 1.807) is 0 Å². The van der Waals surface area contributed by atoms with E-state index in [-0.39, 0.29) is 30.2 Å². The Morgan fingerprint density at radius 3 is 2.64 bits per heavy atom. The van der Waals surface area contributed by atoms with Crippen molar-refractivity contribution in [3.63, 3.8) is 0 Å². The number of hydrogen-bond donors (Lipinski definition) is 2. The lowest BCUT2D eigenvalue weighted by molar-refractivity contribution is -0.132. The van der Waals surface area contributed by atoms with Gasteiger partial charge in [-0.2, -0.15) is 0 Å². The summed E-state index contributed by atoms with van der Waals surface area (Å²) in [7, 11) is 0. The lowest BCUT2D eigenvalue weighted by Crippen LogP contribution is -2.39. The molecule has 1 fully saturated rings. The van der Waals surface area contributed by atoms with Gasteiger partial charge in [-0.1, -0.05) is 37.3 Å². The molecule has 1 aliphatic rings. The Balaban J connectivity index is 1.94. The third-order valence-electron chi connectivity index (χ3n) is 4.24. The molecule has 5 nitrogen and oxygen atoms in total.